The summed E-state index contributed by atoms with van der Waals surface area (Å²) in [6, 6.07) is 4.28. The van der Waals surface area contributed by atoms with Crippen LogP contribution in [0.5, 0.6) is 0 Å². The highest BCUT2D eigenvalue weighted by Crippen LogP contribution is 2.18. The Morgan fingerprint density at radius 3 is 2.80 bits per heavy atom. The summed E-state index contributed by atoms with van der Waals surface area (Å²) in [7, 11) is 0. The Morgan fingerprint density at radius 2 is 2.20 bits per heavy atom. The third-order valence-electron chi connectivity index (χ3n) is 2.62. The number of rotatable bonds is 3. The standard InChI is InChI=1S/C12H11ClN2O5/c13-7-1-2-8(9(14)5-7)11(17)20-6-10(16)15-3-4-19-12(15)18/h1-2,5H,3-4,6,14H2. The molecule has 1 aromatic carbocycles. The number of carbonyl (C=O) groups is 3. The first kappa shape index (κ1) is 14.1. The summed E-state index contributed by atoms with van der Waals surface area (Å²) in [6.07, 6.45) is -0.739. The topological polar surface area (TPSA) is 98.9 Å². The van der Waals surface area contributed by atoms with Crippen molar-refractivity contribution in [1.82, 2.24) is 4.90 Å². The average Bonchev–Trinajstić information content (AvgIpc) is 2.82. The maximum Gasteiger partial charge on any atom is 0.416 e. The molecule has 7 nitrogen and oxygen atoms in total. The van der Waals surface area contributed by atoms with Crippen molar-refractivity contribution < 1.29 is 23.9 Å². The van der Waals surface area contributed by atoms with Gasteiger partial charge in [0, 0.05) is 10.7 Å². The summed E-state index contributed by atoms with van der Waals surface area (Å²) < 4.78 is 9.41. The van der Waals surface area contributed by atoms with Crippen LogP contribution in [-0.4, -0.2) is 42.6 Å². The number of cyclic esters (lactones) is 1. The molecule has 0 aromatic heterocycles. The Balaban J connectivity index is 1.95. The van der Waals surface area contributed by atoms with Crippen molar-refractivity contribution in [2.75, 3.05) is 25.5 Å². The molecule has 0 radical (unpaired) electrons. The van der Waals surface area contributed by atoms with Crippen molar-refractivity contribution in [1.29, 1.82) is 0 Å². The lowest BCUT2D eigenvalue weighted by Gasteiger charge is -2.11. The van der Waals surface area contributed by atoms with Crippen molar-refractivity contribution in [3.8, 4) is 0 Å². The first-order chi connectivity index (χ1) is 9.49. The third-order valence-corrected chi connectivity index (χ3v) is 2.86. The number of esters is 1. The largest absolute Gasteiger partial charge is 0.452 e. The molecule has 1 aromatic rings. The van der Waals surface area contributed by atoms with Gasteiger partial charge in [-0.3, -0.25) is 4.79 Å². The van der Waals surface area contributed by atoms with Crippen molar-refractivity contribution in [3.63, 3.8) is 0 Å². The molecule has 106 valence electrons. The molecule has 1 fully saturated rings. The van der Waals surface area contributed by atoms with E-state index in [4.69, 9.17) is 22.1 Å². The zero-order chi connectivity index (χ0) is 14.7. The Labute approximate surface area is 119 Å². The van der Waals surface area contributed by atoms with Gasteiger partial charge in [-0.2, -0.15) is 0 Å². The minimum absolute atomic E-state index is 0.103. The monoisotopic (exact) mass is 298 g/mol. The van der Waals surface area contributed by atoms with Gasteiger partial charge in [-0.25, -0.2) is 14.5 Å². The smallest absolute Gasteiger partial charge is 0.416 e. The van der Waals surface area contributed by atoms with E-state index in [1.54, 1.807) is 0 Å². The highest BCUT2D eigenvalue weighted by molar-refractivity contribution is 6.31. The fraction of sp³-hybridized carbons (Fsp3) is 0.250. The highest BCUT2D eigenvalue weighted by atomic mass is 35.5. The van der Waals surface area contributed by atoms with Gasteiger partial charge in [0.05, 0.1) is 12.1 Å². The van der Waals surface area contributed by atoms with Crippen LogP contribution >= 0.6 is 11.6 Å². The van der Waals surface area contributed by atoms with Crippen LogP contribution < -0.4 is 5.73 Å². The van der Waals surface area contributed by atoms with Crippen molar-refractivity contribution >= 4 is 35.3 Å². The summed E-state index contributed by atoms with van der Waals surface area (Å²) in [5.41, 5.74) is 5.87. The van der Waals surface area contributed by atoms with Gasteiger partial charge >= 0.3 is 12.1 Å². The van der Waals surface area contributed by atoms with E-state index < -0.39 is 24.6 Å². The Bertz CT molecular complexity index is 575. The number of amides is 2. The molecular weight excluding hydrogens is 288 g/mol. The minimum atomic E-state index is -0.764. The zero-order valence-electron chi connectivity index (χ0n) is 10.3. The number of halogens is 1. The number of carbonyl (C=O) groups excluding carboxylic acids is 3. The minimum Gasteiger partial charge on any atom is -0.452 e. The summed E-state index contributed by atoms with van der Waals surface area (Å²) >= 11 is 5.71. The van der Waals surface area contributed by atoms with Gasteiger partial charge in [0.2, 0.25) is 0 Å². The summed E-state index contributed by atoms with van der Waals surface area (Å²) in [4.78, 5) is 35.4. The predicted molar refractivity (Wildman–Crippen MR) is 69.2 cm³/mol. The van der Waals surface area contributed by atoms with Gasteiger partial charge in [-0.1, -0.05) is 11.6 Å². The van der Waals surface area contributed by atoms with Gasteiger partial charge in [-0.05, 0) is 18.2 Å². The lowest BCUT2D eigenvalue weighted by atomic mass is 10.2. The molecule has 1 heterocycles. The van der Waals surface area contributed by atoms with Crippen molar-refractivity contribution in [2.45, 2.75) is 0 Å². The van der Waals surface area contributed by atoms with E-state index in [-0.39, 0.29) is 24.4 Å². The van der Waals surface area contributed by atoms with Crippen LogP contribution in [-0.2, 0) is 14.3 Å². The van der Waals surface area contributed by atoms with Gasteiger partial charge in [-0.15, -0.1) is 0 Å². The zero-order valence-corrected chi connectivity index (χ0v) is 11.1. The van der Waals surface area contributed by atoms with E-state index >= 15 is 0 Å². The fourth-order valence-corrected chi connectivity index (χ4v) is 1.80. The molecule has 0 unspecified atom stereocenters. The number of benzene rings is 1. The summed E-state index contributed by atoms with van der Waals surface area (Å²) in [5.74, 6) is -1.41. The molecule has 0 aliphatic carbocycles. The third kappa shape index (κ3) is 3.00. The Kier molecular flexibility index (Phi) is 4.09. The average molecular weight is 299 g/mol. The molecule has 0 spiro atoms. The van der Waals surface area contributed by atoms with Crippen molar-refractivity contribution in [2.24, 2.45) is 0 Å². The lowest BCUT2D eigenvalue weighted by Crippen LogP contribution is -2.35. The highest BCUT2D eigenvalue weighted by Gasteiger charge is 2.29. The quantitative estimate of drug-likeness (QED) is 0.661. The van der Waals surface area contributed by atoms with Crippen LogP contribution in [0.1, 0.15) is 10.4 Å². The number of hydrogen-bond donors (Lipinski definition) is 1. The lowest BCUT2D eigenvalue weighted by molar-refractivity contribution is -0.131. The molecule has 8 heteroatoms. The van der Waals surface area contributed by atoms with E-state index in [0.717, 1.165) is 4.90 Å². The molecule has 20 heavy (non-hydrogen) atoms. The maximum atomic E-state index is 11.7. The first-order valence-electron chi connectivity index (χ1n) is 5.68. The summed E-state index contributed by atoms with van der Waals surface area (Å²) in [5, 5.41) is 0.384. The van der Waals surface area contributed by atoms with Gasteiger partial charge in [0.25, 0.3) is 5.91 Å². The van der Waals surface area contributed by atoms with Crippen LogP contribution in [0.4, 0.5) is 10.5 Å². The van der Waals surface area contributed by atoms with E-state index in [9.17, 15) is 14.4 Å². The number of anilines is 1. The van der Waals surface area contributed by atoms with Crippen molar-refractivity contribution in [3.05, 3.63) is 28.8 Å². The number of nitrogens with zero attached hydrogens (tertiary/aromatic N) is 1. The number of nitrogens with two attached hydrogens (primary N) is 1. The number of ether oxygens (including phenoxy) is 2. The van der Waals surface area contributed by atoms with E-state index in [1.807, 2.05) is 0 Å². The SMILES string of the molecule is Nc1cc(Cl)ccc1C(=O)OCC(=O)N1CCOC1=O. The van der Waals surface area contributed by atoms with Crippen LogP contribution in [0.3, 0.4) is 0 Å². The molecule has 0 saturated carbocycles. The van der Waals surface area contributed by atoms with E-state index in [2.05, 4.69) is 4.74 Å². The molecule has 2 rings (SSSR count). The Hall–Kier alpha value is -2.28. The van der Waals surface area contributed by atoms with Gasteiger partial charge in [0.1, 0.15) is 6.61 Å². The van der Waals surface area contributed by atoms with Crippen LogP contribution in [0, 0.1) is 0 Å². The van der Waals surface area contributed by atoms with Crippen LogP contribution in [0.15, 0.2) is 18.2 Å². The second-order valence-corrected chi connectivity index (χ2v) is 4.40. The first-order valence-corrected chi connectivity index (χ1v) is 6.06. The maximum absolute atomic E-state index is 11.7. The fourth-order valence-electron chi connectivity index (χ4n) is 1.62. The number of hydrogen-bond acceptors (Lipinski definition) is 6. The van der Waals surface area contributed by atoms with Crippen LogP contribution in [0.2, 0.25) is 5.02 Å². The normalized spacial score (nSPS) is 14.1. The second kappa shape index (κ2) is 5.79. The van der Waals surface area contributed by atoms with E-state index in [0.29, 0.717) is 5.02 Å². The number of imide groups is 1. The molecule has 1 aliphatic rings. The summed E-state index contributed by atoms with van der Waals surface area (Å²) in [6.45, 7) is -0.267. The Morgan fingerprint density at radius 1 is 1.45 bits per heavy atom. The predicted octanol–water partition coefficient (Wildman–Crippen LogP) is 1.06. The molecule has 1 saturated heterocycles. The van der Waals surface area contributed by atoms with Crippen LogP contribution in [0.25, 0.3) is 0 Å². The molecule has 2 N–H and O–H groups in total. The molecule has 0 bridgehead atoms. The molecule has 0 atom stereocenters. The van der Waals surface area contributed by atoms with Gasteiger partial charge < -0.3 is 15.2 Å². The molecular formula is C12H11ClN2O5. The number of nitrogen functional groups attached to an aromatic ring is 1. The van der Waals surface area contributed by atoms with E-state index in [1.165, 1.54) is 18.2 Å². The molecule has 2 amide bonds. The second-order valence-electron chi connectivity index (χ2n) is 3.97. The van der Waals surface area contributed by atoms with Gasteiger partial charge in [0.15, 0.2) is 6.61 Å². The molecule has 1 aliphatic heterocycles.